The fourth-order valence-electron chi connectivity index (χ4n) is 4.57. The average molecular weight is 333 g/mol. The van der Waals surface area contributed by atoms with E-state index in [-0.39, 0.29) is 18.3 Å². The lowest BCUT2D eigenvalue weighted by atomic mass is 9.79. The summed E-state index contributed by atoms with van der Waals surface area (Å²) in [6.45, 7) is 3.92. The molecule has 5 nitrogen and oxygen atoms in total. The molecule has 2 atom stereocenters. The van der Waals surface area contributed by atoms with Crippen LogP contribution in [0.4, 0.5) is 0 Å². The SMILES string of the molecule is OCC1CN(Cc2ccccc2)CC2(CCCC3(C2)OCCO3)O1. The van der Waals surface area contributed by atoms with Crippen LogP contribution in [-0.2, 0) is 20.8 Å². The van der Waals surface area contributed by atoms with Gasteiger partial charge >= 0.3 is 0 Å². The Kier molecular flexibility index (Phi) is 4.62. The van der Waals surface area contributed by atoms with Gasteiger partial charge in [0.05, 0.1) is 31.5 Å². The van der Waals surface area contributed by atoms with E-state index in [0.717, 1.165) is 45.3 Å². The Morgan fingerprint density at radius 2 is 1.92 bits per heavy atom. The Hall–Kier alpha value is -0.980. The second-order valence-electron chi connectivity index (χ2n) is 7.40. The monoisotopic (exact) mass is 333 g/mol. The number of benzene rings is 1. The standard InChI is InChI=1S/C19H27NO4/c21-13-17-12-20(11-16-5-2-1-3-6-16)15-18(24-17)7-4-8-19(14-18)22-9-10-23-19/h1-3,5-6,17,21H,4,7-15H2. The van der Waals surface area contributed by atoms with E-state index >= 15 is 0 Å². The minimum atomic E-state index is -0.464. The van der Waals surface area contributed by atoms with Crippen LogP contribution in [0.5, 0.6) is 0 Å². The van der Waals surface area contributed by atoms with Crippen molar-refractivity contribution in [1.82, 2.24) is 4.90 Å². The number of nitrogens with zero attached hydrogens (tertiary/aromatic N) is 1. The third kappa shape index (κ3) is 3.37. The summed E-state index contributed by atoms with van der Waals surface area (Å²) in [6.07, 6.45) is 3.61. The van der Waals surface area contributed by atoms with Gasteiger partial charge in [0.2, 0.25) is 0 Å². The van der Waals surface area contributed by atoms with Crippen molar-refractivity contribution in [2.45, 2.75) is 49.7 Å². The van der Waals surface area contributed by atoms with Gasteiger partial charge in [-0.05, 0) is 18.4 Å². The number of hydrogen-bond acceptors (Lipinski definition) is 5. The van der Waals surface area contributed by atoms with Gasteiger partial charge in [0.15, 0.2) is 5.79 Å². The molecule has 2 saturated heterocycles. The molecule has 3 fully saturated rings. The maximum Gasteiger partial charge on any atom is 0.171 e. The first kappa shape index (κ1) is 16.5. The van der Waals surface area contributed by atoms with Gasteiger partial charge in [-0.3, -0.25) is 4.90 Å². The highest BCUT2D eigenvalue weighted by molar-refractivity contribution is 5.15. The van der Waals surface area contributed by atoms with Crippen molar-refractivity contribution in [3.8, 4) is 0 Å². The quantitative estimate of drug-likeness (QED) is 0.916. The van der Waals surface area contributed by atoms with Crippen LogP contribution < -0.4 is 0 Å². The van der Waals surface area contributed by atoms with Crippen LogP contribution in [-0.4, -0.2) is 60.4 Å². The molecule has 5 heteroatoms. The number of ether oxygens (including phenoxy) is 3. The number of rotatable bonds is 3. The zero-order chi connectivity index (χ0) is 16.5. The molecule has 0 bridgehead atoms. The van der Waals surface area contributed by atoms with Crippen molar-refractivity contribution < 1.29 is 19.3 Å². The molecule has 1 N–H and O–H groups in total. The van der Waals surface area contributed by atoms with Crippen molar-refractivity contribution in [3.05, 3.63) is 35.9 Å². The Morgan fingerprint density at radius 1 is 1.12 bits per heavy atom. The first-order chi connectivity index (χ1) is 11.7. The average Bonchev–Trinajstić information content (AvgIpc) is 3.02. The van der Waals surface area contributed by atoms with Gasteiger partial charge in [-0.15, -0.1) is 0 Å². The van der Waals surface area contributed by atoms with Crippen molar-refractivity contribution in [2.75, 3.05) is 32.9 Å². The molecule has 1 aromatic carbocycles. The maximum absolute atomic E-state index is 9.73. The first-order valence-electron chi connectivity index (χ1n) is 9.04. The second kappa shape index (κ2) is 6.73. The third-order valence-electron chi connectivity index (χ3n) is 5.44. The smallest absolute Gasteiger partial charge is 0.171 e. The zero-order valence-corrected chi connectivity index (χ0v) is 14.2. The van der Waals surface area contributed by atoms with E-state index in [9.17, 15) is 5.11 Å². The Morgan fingerprint density at radius 3 is 2.67 bits per heavy atom. The lowest BCUT2D eigenvalue weighted by molar-refractivity contribution is -0.259. The lowest BCUT2D eigenvalue weighted by Gasteiger charge is -2.51. The highest BCUT2D eigenvalue weighted by Gasteiger charge is 2.52. The van der Waals surface area contributed by atoms with E-state index in [4.69, 9.17) is 14.2 Å². The molecule has 2 aliphatic heterocycles. The molecule has 0 radical (unpaired) electrons. The van der Waals surface area contributed by atoms with Crippen LogP contribution in [0.25, 0.3) is 0 Å². The van der Waals surface area contributed by atoms with Crippen LogP contribution in [0.1, 0.15) is 31.2 Å². The van der Waals surface area contributed by atoms with Gasteiger partial charge in [-0.1, -0.05) is 30.3 Å². The molecule has 1 saturated carbocycles. The second-order valence-corrected chi connectivity index (χ2v) is 7.40. The van der Waals surface area contributed by atoms with E-state index in [2.05, 4.69) is 29.2 Å². The molecule has 3 aliphatic rings. The summed E-state index contributed by atoms with van der Waals surface area (Å²) in [5, 5.41) is 9.73. The predicted octanol–water partition coefficient (Wildman–Crippen LogP) is 1.94. The number of morpholine rings is 1. The van der Waals surface area contributed by atoms with Crippen LogP contribution in [0.2, 0.25) is 0 Å². The highest BCUT2D eigenvalue weighted by atomic mass is 16.7. The van der Waals surface area contributed by atoms with E-state index in [1.807, 2.05) is 6.07 Å². The molecular formula is C19H27NO4. The molecule has 1 aromatic rings. The molecule has 2 unspecified atom stereocenters. The van der Waals surface area contributed by atoms with Crippen molar-refractivity contribution in [1.29, 1.82) is 0 Å². The van der Waals surface area contributed by atoms with E-state index < -0.39 is 5.79 Å². The summed E-state index contributed by atoms with van der Waals surface area (Å²) in [4.78, 5) is 2.41. The zero-order valence-electron chi connectivity index (χ0n) is 14.2. The van der Waals surface area contributed by atoms with Crippen molar-refractivity contribution >= 4 is 0 Å². The van der Waals surface area contributed by atoms with Crippen LogP contribution in [0.15, 0.2) is 30.3 Å². The van der Waals surface area contributed by atoms with Gasteiger partial charge in [-0.2, -0.15) is 0 Å². The van der Waals surface area contributed by atoms with Crippen molar-refractivity contribution in [2.24, 2.45) is 0 Å². The predicted molar refractivity (Wildman–Crippen MR) is 89.5 cm³/mol. The minimum absolute atomic E-state index is 0.0573. The van der Waals surface area contributed by atoms with Gasteiger partial charge in [0.1, 0.15) is 0 Å². The van der Waals surface area contributed by atoms with Gasteiger partial charge in [0.25, 0.3) is 0 Å². The number of hydrogen-bond donors (Lipinski definition) is 1. The molecular weight excluding hydrogens is 306 g/mol. The van der Waals surface area contributed by atoms with E-state index in [1.165, 1.54) is 5.56 Å². The normalized spacial score (nSPS) is 33.3. The molecule has 2 heterocycles. The van der Waals surface area contributed by atoms with Crippen LogP contribution in [0.3, 0.4) is 0 Å². The molecule has 4 rings (SSSR count). The fraction of sp³-hybridized carbons (Fsp3) is 0.684. The topological polar surface area (TPSA) is 51.2 Å². The summed E-state index contributed by atoms with van der Waals surface area (Å²) in [6, 6.07) is 10.5. The minimum Gasteiger partial charge on any atom is -0.394 e. The molecule has 1 aliphatic carbocycles. The number of aliphatic hydroxyl groups is 1. The summed E-state index contributed by atoms with van der Waals surface area (Å²) in [5.41, 5.74) is 1.02. The van der Waals surface area contributed by atoms with Crippen LogP contribution >= 0.6 is 0 Å². The summed E-state index contributed by atoms with van der Waals surface area (Å²) in [5.74, 6) is -0.464. The summed E-state index contributed by atoms with van der Waals surface area (Å²) < 4.78 is 18.3. The van der Waals surface area contributed by atoms with E-state index in [1.54, 1.807) is 0 Å². The Balaban J connectivity index is 1.51. The van der Waals surface area contributed by atoms with Gasteiger partial charge in [-0.25, -0.2) is 0 Å². The van der Waals surface area contributed by atoms with Crippen LogP contribution in [0, 0.1) is 0 Å². The largest absolute Gasteiger partial charge is 0.394 e. The Labute approximate surface area is 143 Å². The number of aliphatic hydroxyl groups excluding tert-OH is 1. The summed E-state index contributed by atoms with van der Waals surface area (Å²) >= 11 is 0. The lowest BCUT2D eigenvalue weighted by Crippen LogP contribution is -2.60. The summed E-state index contributed by atoms with van der Waals surface area (Å²) in [7, 11) is 0. The molecule has 0 aromatic heterocycles. The maximum atomic E-state index is 9.73. The molecule has 132 valence electrons. The van der Waals surface area contributed by atoms with Crippen molar-refractivity contribution in [3.63, 3.8) is 0 Å². The van der Waals surface area contributed by atoms with Gasteiger partial charge in [0, 0.05) is 32.5 Å². The molecule has 0 amide bonds. The Bertz CT molecular complexity index is 546. The van der Waals surface area contributed by atoms with E-state index in [0.29, 0.717) is 13.2 Å². The fourth-order valence-corrected chi connectivity index (χ4v) is 4.57. The highest BCUT2D eigenvalue weighted by Crippen LogP contribution is 2.45. The molecule has 24 heavy (non-hydrogen) atoms. The third-order valence-corrected chi connectivity index (χ3v) is 5.44. The van der Waals surface area contributed by atoms with Gasteiger partial charge < -0.3 is 19.3 Å². The first-order valence-corrected chi connectivity index (χ1v) is 9.04. The molecule has 2 spiro atoms.